The molecule has 86 valence electrons. The highest BCUT2D eigenvalue weighted by atomic mass is 16.3. The molecule has 3 nitrogen and oxygen atoms in total. The van der Waals surface area contributed by atoms with Gasteiger partial charge in [0.05, 0.1) is 5.60 Å². The molecule has 0 rings (SSSR count). The first-order valence-electron chi connectivity index (χ1n) is 5.41. The SMILES string of the molecule is CC(C)CN(C)C(C)CC(C)(O)CN. The van der Waals surface area contributed by atoms with Crippen molar-refractivity contribution in [3.8, 4) is 0 Å². The van der Waals surface area contributed by atoms with E-state index in [0.29, 0.717) is 18.5 Å². The van der Waals surface area contributed by atoms with Crippen LogP contribution in [0.1, 0.15) is 34.1 Å². The Bertz CT molecular complexity index is 157. The first kappa shape index (κ1) is 13.9. The Labute approximate surface area is 88.3 Å². The van der Waals surface area contributed by atoms with Gasteiger partial charge >= 0.3 is 0 Å². The molecule has 0 saturated carbocycles. The number of rotatable bonds is 6. The van der Waals surface area contributed by atoms with E-state index in [1.54, 1.807) is 6.92 Å². The maximum atomic E-state index is 9.82. The third-order valence-electron chi connectivity index (χ3n) is 2.58. The Hall–Kier alpha value is -0.120. The van der Waals surface area contributed by atoms with E-state index in [9.17, 15) is 5.11 Å². The molecule has 0 fully saturated rings. The highest BCUT2D eigenvalue weighted by molar-refractivity contribution is 4.79. The van der Waals surface area contributed by atoms with Crippen LogP contribution in [0.5, 0.6) is 0 Å². The minimum Gasteiger partial charge on any atom is -0.389 e. The van der Waals surface area contributed by atoms with Crippen molar-refractivity contribution in [1.82, 2.24) is 4.90 Å². The van der Waals surface area contributed by atoms with Crippen LogP contribution >= 0.6 is 0 Å². The van der Waals surface area contributed by atoms with Crippen LogP contribution in [0.2, 0.25) is 0 Å². The molecule has 2 atom stereocenters. The highest BCUT2D eigenvalue weighted by Gasteiger charge is 2.23. The molecule has 3 heteroatoms. The van der Waals surface area contributed by atoms with Gasteiger partial charge in [0, 0.05) is 19.1 Å². The van der Waals surface area contributed by atoms with Gasteiger partial charge in [0.1, 0.15) is 0 Å². The second-order valence-corrected chi connectivity index (χ2v) is 5.09. The van der Waals surface area contributed by atoms with Crippen LogP contribution in [0.15, 0.2) is 0 Å². The third-order valence-corrected chi connectivity index (χ3v) is 2.58. The van der Waals surface area contributed by atoms with Gasteiger partial charge in [-0.15, -0.1) is 0 Å². The lowest BCUT2D eigenvalue weighted by Gasteiger charge is -2.32. The predicted molar refractivity (Wildman–Crippen MR) is 61.2 cm³/mol. The summed E-state index contributed by atoms with van der Waals surface area (Å²) in [6.45, 7) is 9.71. The van der Waals surface area contributed by atoms with Crippen molar-refractivity contribution in [3.05, 3.63) is 0 Å². The first-order chi connectivity index (χ1) is 6.28. The van der Waals surface area contributed by atoms with E-state index in [4.69, 9.17) is 5.73 Å². The molecule has 0 aliphatic heterocycles. The molecule has 0 radical (unpaired) electrons. The second-order valence-electron chi connectivity index (χ2n) is 5.09. The molecule has 0 aromatic rings. The lowest BCUT2D eigenvalue weighted by molar-refractivity contribution is 0.0317. The molecule has 0 heterocycles. The Morgan fingerprint density at radius 2 is 1.86 bits per heavy atom. The molecule has 14 heavy (non-hydrogen) atoms. The standard InChI is InChI=1S/C11H26N2O/c1-9(2)7-13(5)10(3)6-11(4,14)8-12/h9-10,14H,6-8,12H2,1-5H3. The van der Waals surface area contributed by atoms with Gasteiger partial charge in [0.25, 0.3) is 0 Å². The third kappa shape index (κ3) is 5.58. The van der Waals surface area contributed by atoms with Crippen molar-refractivity contribution >= 4 is 0 Å². The smallest absolute Gasteiger partial charge is 0.0756 e. The monoisotopic (exact) mass is 202 g/mol. The minimum atomic E-state index is -0.731. The van der Waals surface area contributed by atoms with Crippen LogP contribution < -0.4 is 5.73 Å². The molecule has 0 saturated heterocycles. The van der Waals surface area contributed by atoms with Crippen LogP contribution in [-0.2, 0) is 0 Å². The van der Waals surface area contributed by atoms with Crippen molar-refractivity contribution in [1.29, 1.82) is 0 Å². The molecule has 0 spiro atoms. The molecule has 0 aromatic heterocycles. The average molecular weight is 202 g/mol. The van der Waals surface area contributed by atoms with Crippen LogP contribution in [0.4, 0.5) is 0 Å². The maximum Gasteiger partial charge on any atom is 0.0756 e. The molecule has 3 N–H and O–H groups in total. The second kappa shape index (κ2) is 5.69. The summed E-state index contributed by atoms with van der Waals surface area (Å²) in [5.41, 5.74) is 4.76. The maximum absolute atomic E-state index is 9.82. The van der Waals surface area contributed by atoms with Gasteiger partial charge in [-0.3, -0.25) is 0 Å². The predicted octanol–water partition coefficient (Wildman–Crippen LogP) is 1.06. The summed E-state index contributed by atoms with van der Waals surface area (Å²) in [6, 6.07) is 0.371. The minimum absolute atomic E-state index is 0.326. The van der Waals surface area contributed by atoms with Crippen LogP contribution in [0.25, 0.3) is 0 Å². The van der Waals surface area contributed by atoms with Crippen molar-refractivity contribution in [3.63, 3.8) is 0 Å². The molecule has 0 aromatic carbocycles. The summed E-state index contributed by atoms with van der Waals surface area (Å²) < 4.78 is 0. The molecule has 0 bridgehead atoms. The Kier molecular flexibility index (Phi) is 5.64. The van der Waals surface area contributed by atoms with Gasteiger partial charge in [-0.25, -0.2) is 0 Å². The topological polar surface area (TPSA) is 49.5 Å². The molecule has 2 unspecified atom stereocenters. The van der Waals surface area contributed by atoms with E-state index in [2.05, 4.69) is 32.7 Å². The number of nitrogens with two attached hydrogens (primary N) is 1. The average Bonchev–Trinajstić information content (AvgIpc) is 2.02. The molecule has 0 aliphatic carbocycles. The Morgan fingerprint density at radius 3 is 2.21 bits per heavy atom. The zero-order valence-corrected chi connectivity index (χ0v) is 10.2. The number of hydrogen-bond donors (Lipinski definition) is 2. The lowest BCUT2D eigenvalue weighted by Crippen LogP contribution is -2.43. The summed E-state index contributed by atoms with van der Waals surface area (Å²) >= 11 is 0. The van der Waals surface area contributed by atoms with Gasteiger partial charge < -0.3 is 15.7 Å². The zero-order valence-electron chi connectivity index (χ0n) is 10.2. The lowest BCUT2D eigenvalue weighted by atomic mass is 9.97. The van der Waals surface area contributed by atoms with Crippen molar-refractivity contribution in [2.24, 2.45) is 11.7 Å². The number of nitrogens with zero attached hydrogens (tertiary/aromatic N) is 1. The fraction of sp³-hybridized carbons (Fsp3) is 1.00. The molecule has 0 aliphatic rings. The fourth-order valence-electron chi connectivity index (χ4n) is 1.63. The number of aliphatic hydroxyl groups is 1. The Balaban J connectivity index is 4.00. The molecule has 0 amide bonds. The van der Waals surface area contributed by atoms with E-state index in [1.807, 2.05) is 0 Å². The van der Waals surface area contributed by atoms with E-state index < -0.39 is 5.60 Å². The number of hydrogen-bond acceptors (Lipinski definition) is 3. The van der Waals surface area contributed by atoms with Crippen LogP contribution in [0.3, 0.4) is 0 Å². The molecular weight excluding hydrogens is 176 g/mol. The van der Waals surface area contributed by atoms with E-state index in [-0.39, 0.29) is 0 Å². The van der Waals surface area contributed by atoms with E-state index in [0.717, 1.165) is 13.0 Å². The summed E-state index contributed by atoms with van der Waals surface area (Å²) in [6.07, 6.45) is 0.729. The van der Waals surface area contributed by atoms with Gasteiger partial charge in [-0.05, 0) is 33.2 Å². The summed E-state index contributed by atoms with van der Waals surface area (Å²) in [7, 11) is 2.09. The fourth-order valence-corrected chi connectivity index (χ4v) is 1.63. The largest absolute Gasteiger partial charge is 0.389 e. The van der Waals surface area contributed by atoms with E-state index in [1.165, 1.54) is 0 Å². The summed E-state index contributed by atoms with van der Waals surface area (Å²) in [4.78, 5) is 2.27. The van der Waals surface area contributed by atoms with Gasteiger partial charge in [-0.1, -0.05) is 13.8 Å². The van der Waals surface area contributed by atoms with Gasteiger partial charge in [0.2, 0.25) is 0 Å². The molecular formula is C11H26N2O. The van der Waals surface area contributed by atoms with Crippen molar-refractivity contribution in [2.75, 3.05) is 20.1 Å². The van der Waals surface area contributed by atoms with Crippen molar-refractivity contribution < 1.29 is 5.11 Å². The quantitative estimate of drug-likeness (QED) is 0.677. The highest BCUT2D eigenvalue weighted by Crippen LogP contribution is 2.14. The normalized spacial score (nSPS) is 18.6. The van der Waals surface area contributed by atoms with Crippen molar-refractivity contribution in [2.45, 2.75) is 45.8 Å². The van der Waals surface area contributed by atoms with E-state index >= 15 is 0 Å². The van der Waals surface area contributed by atoms with Gasteiger partial charge in [-0.2, -0.15) is 0 Å². The summed E-state index contributed by atoms with van der Waals surface area (Å²) in [5.74, 6) is 0.658. The van der Waals surface area contributed by atoms with Crippen LogP contribution in [0, 0.1) is 5.92 Å². The first-order valence-corrected chi connectivity index (χ1v) is 5.41. The summed E-state index contributed by atoms with van der Waals surface area (Å²) in [5, 5.41) is 9.82. The Morgan fingerprint density at radius 1 is 1.36 bits per heavy atom. The van der Waals surface area contributed by atoms with Crippen LogP contribution in [-0.4, -0.2) is 41.8 Å². The van der Waals surface area contributed by atoms with Gasteiger partial charge in [0.15, 0.2) is 0 Å². The zero-order chi connectivity index (χ0) is 11.4.